The lowest BCUT2D eigenvalue weighted by Crippen LogP contribution is -2.47. The number of H-pyrrole nitrogens is 1. The molecule has 3 heterocycles. The van der Waals surface area contributed by atoms with Crippen LogP contribution in [-0.4, -0.2) is 72.2 Å². The van der Waals surface area contributed by atoms with E-state index in [0.717, 1.165) is 56.8 Å². The van der Waals surface area contributed by atoms with Crippen molar-refractivity contribution in [3.05, 3.63) is 52.8 Å². The number of nitrogens with one attached hydrogen (secondary N) is 3. The van der Waals surface area contributed by atoms with Gasteiger partial charge in [0.25, 0.3) is 5.91 Å². The Bertz CT molecular complexity index is 789. The standard InChI is InChI=1S/C21H30N6O/c1-26-12-13-27(19(15-26)16-6-3-2-4-7-16)11-5-9-23-21(28)20-17-14-22-10-8-18(17)24-25-20/h2-4,6-7,19,22H,5,8-15H2,1H3,(H,23,28)(H,24,25). The van der Waals surface area contributed by atoms with Crippen LogP contribution in [0.15, 0.2) is 30.3 Å². The second kappa shape index (κ2) is 8.86. The molecule has 7 nitrogen and oxygen atoms in total. The molecular formula is C21H30N6O. The normalized spacial score (nSPS) is 20.7. The molecule has 7 heteroatoms. The van der Waals surface area contributed by atoms with Crippen LogP contribution in [0.25, 0.3) is 0 Å². The summed E-state index contributed by atoms with van der Waals surface area (Å²) >= 11 is 0. The monoisotopic (exact) mass is 382 g/mol. The molecule has 0 radical (unpaired) electrons. The second-order valence-electron chi connectivity index (χ2n) is 7.79. The smallest absolute Gasteiger partial charge is 0.272 e. The number of aromatic amines is 1. The first kappa shape index (κ1) is 19.1. The largest absolute Gasteiger partial charge is 0.351 e. The van der Waals surface area contributed by atoms with Crippen molar-refractivity contribution in [2.24, 2.45) is 0 Å². The Balaban J connectivity index is 1.29. The van der Waals surface area contributed by atoms with Gasteiger partial charge in [-0.1, -0.05) is 30.3 Å². The molecule has 28 heavy (non-hydrogen) atoms. The van der Waals surface area contributed by atoms with Gasteiger partial charge in [-0.3, -0.25) is 14.8 Å². The van der Waals surface area contributed by atoms with Gasteiger partial charge < -0.3 is 15.5 Å². The van der Waals surface area contributed by atoms with Gasteiger partial charge in [0, 0.05) is 69.5 Å². The molecule has 2 aromatic rings. The van der Waals surface area contributed by atoms with E-state index in [1.54, 1.807) is 0 Å². The summed E-state index contributed by atoms with van der Waals surface area (Å²) in [7, 11) is 2.19. The molecule has 1 amide bonds. The fraction of sp³-hybridized carbons (Fsp3) is 0.524. The number of nitrogens with zero attached hydrogens (tertiary/aromatic N) is 3. The van der Waals surface area contributed by atoms with Crippen LogP contribution in [0.1, 0.15) is 39.8 Å². The molecule has 1 aromatic heterocycles. The highest BCUT2D eigenvalue weighted by Gasteiger charge is 2.26. The lowest BCUT2D eigenvalue weighted by Gasteiger charge is -2.40. The number of hydrogen-bond acceptors (Lipinski definition) is 5. The highest BCUT2D eigenvalue weighted by molar-refractivity contribution is 5.94. The van der Waals surface area contributed by atoms with E-state index in [4.69, 9.17) is 0 Å². The lowest BCUT2D eigenvalue weighted by atomic mass is 10.0. The van der Waals surface area contributed by atoms with Crippen LogP contribution in [0.2, 0.25) is 0 Å². The fourth-order valence-electron chi connectivity index (χ4n) is 4.20. The Labute approximate surface area is 166 Å². The van der Waals surface area contributed by atoms with Gasteiger partial charge in [-0.2, -0.15) is 5.10 Å². The van der Waals surface area contributed by atoms with E-state index in [-0.39, 0.29) is 5.91 Å². The van der Waals surface area contributed by atoms with Crippen molar-refractivity contribution in [1.82, 2.24) is 30.6 Å². The molecule has 3 N–H and O–H groups in total. The van der Waals surface area contributed by atoms with Gasteiger partial charge in [0.05, 0.1) is 0 Å². The van der Waals surface area contributed by atoms with Crippen molar-refractivity contribution >= 4 is 5.91 Å². The maximum absolute atomic E-state index is 12.5. The number of piperazine rings is 1. The molecule has 2 aliphatic rings. The quantitative estimate of drug-likeness (QED) is 0.654. The third kappa shape index (κ3) is 4.27. The zero-order valence-electron chi connectivity index (χ0n) is 16.6. The van der Waals surface area contributed by atoms with E-state index in [1.807, 2.05) is 0 Å². The number of benzene rings is 1. The van der Waals surface area contributed by atoms with E-state index < -0.39 is 0 Å². The Kier molecular flexibility index (Phi) is 6.04. The summed E-state index contributed by atoms with van der Waals surface area (Å²) in [6, 6.07) is 11.1. The van der Waals surface area contributed by atoms with E-state index in [2.05, 4.69) is 68.0 Å². The van der Waals surface area contributed by atoms with Crippen LogP contribution in [-0.2, 0) is 13.0 Å². The van der Waals surface area contributed by atoms with Gasteiger partial charge in [0.15, 0.2) is 5.69 Å². The Morgan fingerprint density at radius 3 is 3.00 bits per heavy atom. The molecule has 0 bridgehead atoms. The average molecular weight is 383 g/mol. The lowest BCUT2D eigenvalue weighted by molar-refractivity contribution is 0.0864. The van der Waals surface area contributed by atoms with Crippen molar-refractivity contribution in [3.8, 4) is 0 Å². The Morgan fingerprint density at radius 2 is 2.14 bits per heavy atom. The molecule has 150 valence electrons. The SMILES string of the molecule is CN1CCN(CCCNC(=O)c2n[nH]c3c2CNCC3)C(c2ccccc2)C1. The van der Waals surface area contributed by atoms with Gasteiger partial charge in [-0.05, 0) is 19.0 Å². The zero-order chi connectivity index (χ0) is 19.3. The third-order valence-corrected chi connectivity index (χ3v) is 5.81. The van der Waals surface area contributed by atoms with Crippen LogP contribution in [0.3, 0.4) is 0 Å². The minimum atomic E-state index is -0.0702. The number of amides is 1. The fourth-order valence-corrected chi connectivity index (χ4v) is 4.20. The first-order valence-electron chi connectivity index (χ1n) is 10.2. The van der Waals surface area contributed by atoms with Gasteiger partial charge >= 0.3 is 0 Å². The maximum atomic E-state index is 12.5. The van der Waals surface area contributed by atoms with Crippen molar-refractivity contribution in [2.45, 2.75) is 25.4 Å². The predicted molar refractivity (Wildman–Crippen MR) is 109 cm³/mol. The molecule has 1 fully saturated rings. The van der Waals surface area contributed by atoms with E-state index in [1.165, 1.54) is 5.56 Å². The minimum Gasteiger partial charge on any atom is -0.351 e. The maximum Gasteiger partial charge on any atom is 0.272 e. The Morgan fingerprint density at radius 1 is 1.29 bits per heavy atom. The van der Waals surface area contributed by atoms with E-state index in [0.29, 0.717) is 24.8 Å². The summed E-state index contributed by atoms with van der Waals surface area (Å²) < 4.78 is 0. The molecule has 1 unspecified atom stereocenters. The molecule has 0 aliphatic carbocycles. The molecular weight excluding hydrogens is 352 g/mol. The number of carbonyl (C=O) groups excluding carboxylic acids is 1. The molecule has 1 atom stereocenters. The highest BCUT2D eigenvalue weighted by atomic mass is 16.1. The number of likely N-dealkylation sites (N-methyl/N-ethyl adjacent to an activating group) is 1. The molecule has 0 saturated carbocycles. The van der Waals surface area contributed by atoms with Gasteiger partial charge in [-0.25, -0.2) is 0 Å². The summed E-state index contributed by atoms with van der Waals surface area (Å²) in [5.41, 5.74) is 4.02. The highest BCUT2D eigenvalue weighted by Crippen LogP contribution is 2.24. The summed E-state index contributed by atoms with van der Waals surface area (Å²) in [5, 5.41) is 13.6. The van der Waals surface area contributed by atoms with Crippen LogP contribution >= 0.6 is 0 Å². The number of aromatic nitrogens is 2. The average Bonchev–Trinajstić information content (AvgIpc) is 3.17. The number of fused-ring (bicyclic) bond motifs is 1. The van der Waals surface area contributed by atoms with Crippen molar-refractivity contribution in [1.29, 1.82) is 0 Å². The molecule has 1 saturated heterocycles. The number of hydrogen-bond donors (Lipinski definition) is 3. The second-order valence-corrected chi connectivity index (χ2v) is 7.79. The van der Waals surface area contributed by atoms with Crippen LogP contribution in [0, 0.1) is 0 Å². The van der Waals surface area contributed by atoms with E-state index >= 15 is 0 Å². The number of carbonyl (C=O) groups is 1. The van der Waals surface area contributed by atoms with Crippen LogP contribution < -0.4 is 10.6 Å². The third-order valence-electron chi connectivity index (χ3n) is 5.81. The topological polar surface area (TPSA) is 76.3 Å². The van der Waals surface area contributed by atoms with Crippen molar-refractivity contribution in [3.63, 3.8) is 0 Å². The van der Waals surface area contributed by atoms with E-state index in [9.17, 15) is 4.79 Å². The zero-order valence-corrected chi connectivity index (χ0v) is 16.6. The molecule has 0 spiro atoms. The molecule has 1 aromatic carbocycles. The predicted octanol–water partition coefficient (Wildman–Crippen LogP) is 1.16. The number of rotatable bonds is 6. The van der Waals surface area contributed by atoms with Crippen molar-refractivity contribution in [2.75, 3.05) is 46.3 Å². The first-order valence-corrected chi connectivity index (χ1v) is 10.2. The summed E-state index contributed by atoms with van der Waals surface area (Å²) in [6.45, 7) is 6.49. The van der Waals surface area contributed by atoms with Gasteiger partial charge in [-0.15, -0.1) is 0 Å². The first-order chi connectivity index (χ1) is 13.7. The molecule has 2 aliphatic heterocycles. The van der Waals surface area contributed by atoms with Crippen LogP contribution in [0.5, 0.6) is 0 Å². The summed E-state index contributed by atoms with van der Waals surface area (Å²) in [4.78, 5) is 17.5. The summed E-state index contributed by atoms with van der Waals surface area (Å²) in [5.74, 6) is -0.0702. The van der Waals surface area contributed by atoms with Crippen LogP contribution in [0.4, 0.5) is 0 Å². The summed E-state index contributed by atoms with van der Waals surface area (Å²) in [6.07, 6.45) is 1.84. The van der Waals surface area contributed by atoms with Gasteiger partial charge in [0.2, 0.25) is 0 Å². The minimum absolute atomic E-state index is 0.0702. The van der Waals surface area contributed by atoms with Crippen molar-refractivity contribution < 1.29 is 4.79 Å². The Hall–Kier alpha value is -2.22. The molecule has 4 rings (SSSR count). The van der Waals surface area contributed by atoms with Gasteiger partial charge in [0.1, 0.15) is 0 Å².